The normalized spacial score (nSPS) is 10.5. The lowest BCUT2D eigenvalue weighted by Gasteiger charge is -1.99. The van der Waals surface area contributed by atoms with E-state index < -0.39 is 11.3 Å². The van der Waals surface area contributed by atoms with Gasteiger partial charge in [0.05, 0.1) is 5.52 Å². The first-order valence-corrected chi connectivity index (χ1v) is 3.46. The van der Waals surface area contributed by atoms with E-state index >= 15 is 0 Å². The fourth-order valence-corrected chi connectivity index (χ4v) is 1.06. The van der Waals surface area contributed by atoms with Gasteiger partial charge in [0.2, 0.25) is 0 Å². The van der Waals surface area contributed by atoms with Crippen molar-refractivity contribution < 1.29 is 10.2 Å². The number of hydrogen-bond acceptors (Lipinski definition) is 5. The second-order valence-electron chi connectivity index (χ2n) is 2.47. The SMILES string of the molecule is O=c1nn[nH]c2ccc(O)c(O)c12. The summed E-state index contributed by atoms with van der Waals surface area (Å²) in [4.78, 5) is 11.1. The van der Waals surface area contributed by atoms with Crippen LogP contribution in [-0.2, 0) is 0 Å². The van der Waals surface area contributed by atoms with Crippen LogP contribution < -0.4 is 5.56 Å². The number of nitrogens with zero attached hydrogens (tertiary/aromatic N) is 2. The predicted molar refractivity (Wildman–Crippen MR) is 43.5 cm³/mol. The van der Waals surface area contributed by atoms with Crippen LogP contribution in [0.3, 0.4) is 0 Å². The zero-order chi connectivity index (χ0) is 9.42. The van der Waals surface area contributed by atoms with Crippen LogP contribution in [0.4, 0.5) is 0 Å². The van der Waals surface area contributed by atoms with Crippen molar-refractivity contribution in [3.8, 4) is 11.5 Å². The molecule has 0 amide bonds. The van der Waals surface area contributed by atoms with Crippen LogP contribution in [0.2, 0.25) is 0 Å². The summed E-state index contributed by atoms with van der Waals surface area (Å²) < 4.78 is 0. The molecule has 0 radical (unpaired) electrons. The van der Waals surface area contributed by atoms with E-state index in [1.165, 1.54) is 12.1 Å². The van der Waals surface area contributed by atoms with Gasteiger partial charge in [-0.2, -0.15) is 0 Å². The molecule has 0 saturated heterocycles. The van der Waals surface area contributed by atoms with Crippen LogP contribution in [0.5, 0.6) is 11.5 Å². The fourth-order valence-electron chi connectivity index (χ4n) is 1.06. The van der Waals surface area contributed by atoms with Gasteiger partial charge in [0.15, 0.2) is 11.5 Å². The van der Waals surface area contributed by atoms with Crippen molar-refractivity contribution >= 4 is 10.9 Å². The Morgan fingerprint density at radius 2 is 2.08 bits per heavy atom. The molecule has 0 aliphatic carbocycles. The number of rotatable bonds is 0. The summed E-state index contributed by atoms with van der Waals surface area (Å²) in [7, 11) is 0. The Labute approximate surface area is 71.5 Å². The molecule has 13 heavy (non-hydrogen) atoms. The van der Waals surface area contributed by atoms with Gasteiger partial charge in [0, 0.05) is 0 Å². The molecule has 3 N–H and O–H groups in total. The monoisotopic (exact) mass is 179 g/mol. The minimum Gasteiger partial charge on any atom is -0.504 e. The largest absolute Gasteiger partial charge is 0.504 e. The molecule has 0 aliphatic heterocycles. The Hall–Kier alpha value is -2.11. The van der Waals surface area contributed by atoms with E-state index in [1.807, 2.05) is 0 Å². The van der Waals surface area contributed by atoms with Crippen molar-refractivity contribution in [1.82, 2.24) is 15.4 Å². The van der Waals surface area contributed by atoms with Gasteiger partial charge in [-0.05, 0) is 12.1 Å². The Kier molecular flexibility index (Phi) is 1.42. The van der Waals surface area contributed by atoms with E-state index in [-0.39, 0.29) is 11.1 Å². The van der Waals surface area contributed by atoms with Crippen LogP contribution >= 0.6 is 0 Å². The first-order valence-electron chi connectivity index (χ1n) is 3.46. The third kappa shape index (κ3) is 0.994. The van der Waals surface area contributed by atoms with Crippen LogP contribution in [0, 0.1) is 0 Å². The van der Waals surface area contributed by atoms with Gasteiger partial charge in [0.1, 0.15) is 5.39 Å². The second-order valence-corrected chi connectivity index (χ2v) is 2.47. The molecule has 0 unspecified atom stereocenters. The predicted octanol–water partition coefficient (Wildman–Crippen LogP) is -0.271. The van der Waals surface area contributed by atoms with E-state index in [2.05, 4.69) is 15.4 Å². The molecule has 0 fully saturated rings. The molecular formula is C7H5N3O3. The summed E-state index contributed by atoms with van der Waals surface area (Å²) in [5.41, 5.74) is -0.350. The van der Waals surface area contributed by atoms with E-state index in [0.29, 0.717) is 5.52 Å². The average Bonchev–Trinajstić information content (AvgIpc) is 2.12. The molecule has 1 aromatic heterocycles. The van der Waals surface area contributed by atoms with Crippen molar-refractivity contribution in [2.75, 3.05) is 0 Å². The first-order chi connectivity index (χ1) is 6.20. The Morgan fingerprint density at radius 3 is 2.85 bits per heavy atom. The Morgan fingerprint density at radius 1 is 1.31 bits per heavy atom. The van der Waals surface area contributed by atoms with Crippen LogP contribution in [-0.4, -0.2) is 25.6 Å². The number of hydrogen-bond donors (Lipinski definition) is 3. The van der Waals surface area contributed by atoms with Crippen LogP contribution in [0.25, 0.3) is 10.9 Å². The molecule has 2 rings (SSSR count). The number of aromatic nitrogens is 3. The maximum atomic E-state index is 11.1. The van der Waals surface area contributed by atoms with Crippen molar-refractivity contribution in [1.29, 1.82) is 0 Å². The van der Waals surface area contributed by atoms with E-state index in [9.17, 15) is 9.90 Å². The third-order valence-corrected chi connectivity index (χ3v) is 1.68. The number of aromatic amines is 1. The van der Waals surface area contributed by atoms with Gasteiger partial charge in [-0.1, -0.05) is 10.3 Å². The Bertz CT molecular complexity index is 520. The van der Waals surface area contributed by atoms with Gasteiger partial charge in [-0.15, -0.1) is 0 Å². The molecule has 66 valence electrons. The van der Waals surface area contributed by atoms with E-state index in [4.69, 9.17) is 5.11 Å². The number of phenols is 2. The smallest absolute Gasteiger partial charge is 0.303 e. The number of H-pyrrole nitrogens is 1. The molecule has 1 heterocycles. The quantitative estimate of drug-likeness (QED) is 0.483. The van der Waals surface area contributed by atoms with Crippen molar-refractivity contribution in [2.24, 2.45) is 0 Å². The highest BCUT2D eigenvalue weighted by atomic mass is 16.3. The zero-order valence-corrected chi connectivity index (χ0v) is 6.35. The summed E-state index contributed by atoms with van der Waals surface area (Å²) in [5.74, 6) is -0.834. The highest BCUT2D eigenvalue weighted by Gasteiger charge is 2.09. The van der Waals surface area contributed by atoms with E-state index in [0.717, 1.165) is 0 Å². The first kappa shape index (κ1) is 7.53. The molecule has 0 atom stereocenters. The second kappa shape index (κ2) is 2.44. The molecule has 1 aromatic carbocycles. The lowest BCUT2D eigenvalue weighted by atomic mass is 10.2. The molecule has 0 aliphatic rings. The van der Waals surface area contributed by atoms with Crippen molar-refractivity contribution in [3.05, 3.63) is 22.5 Å². The molecule has 2 aromatic rings. The molecule has 6 nitrogen and oxygen atoms in total. The highest BCUT2D eigenvalue weighted by molar-refractivity contribution is 5.85. The molecular weight excluding hydrogens is 174 g/mol. The van der Waals surface area contributed by atoms with Crippen molar-refractivity contribution in [2.45, 2.75) is 0 Å². The molecule has 0 bridgehead atoms. The topological polar surface area (TPSA) is 99.1 Å². The lowest BCUT2D eigenvalue weighted by Crippen LogP contribution is -2.09. The van der Waals surface area contributed by atoms with Gasteiger partial charge >= 0.3 is 5.56 Å². The van der Waals surface area contributed by atoms with Crippen LogP contribution in [0.15, 0.2) is 16.9 Å². The van der Waals surface area contributed by atoms with Gasteiger partial charge in [-0.3, -0.25) is 9.89 Å². The van der Waals surface area contributed by atoms with E-state index in [1.54, 1.807) is 0 Å². The van der Waals surface area contributed by atoms with Gasteiger partial charge < -0.3 is 10.2 Å². The summed E-state index contributed by atoms with van der Waals surface area (Å²) in [6.45, 7) is 0. The van der Waals surface area contributed by atoms with Crippen LogP contribution in [0.1, 0.15) is 0 Å². The summed E-state index contributed by atoms with van der Waals surface area (Å²) in [5, 5.41) is 27.2. The molecule has 6 heteroatoms. The number of aromatic hydroxyl groups is 2. The van der Waals surface area contributed by atoms with Gasteiger partial charge in [-0.25, -0.2) is 0 Å². The molecule has 0 saturated carbocycles. The van der Waals surface area contributed by atoms with Crippen molar-refractivity contribution in [3.63, 3.8) is 0 Å². The van der Waals surface area contributed by atoms with Gasteiger partial charge in [0.25, 0.3) is 0 Å². The standard InChI is InChI=1S/C7H5N3O3/c11-4-2-1-3-5(6(4)12)7(13)9-10-8-3/h1-2,11-12H,(H,8,9,13). The summed E-state index contributed by atoms with van der Waals surface area (Å²) in [6, 6.07) is 2.69. The average molecular weight is 179 g/mol. The highest BCUT2D eigenvalue weighted by Crippen LogP contribution is 2.29. The maximum Gasteiger partial charge on any atom is 0.303 e. The summed E-state index contributed by atoms with van der Waals surface area (Å²) in [6.07, 6.45) is 0. The minimum atomic E-state index is -0.679. The number of fused-ring (bicyclic) bond motifs is 1. The minimum absolute atomic E-state index is 0.0602. The summed E-state index contributed by atoms with van der Waals surface area (Å²) >= 11 is 0. The lowest BCUT2D eigenvalue weighted by molar-refractivity contribution is 0.407. The number of nitrogens with one attached hydrogen (secondary N) is 1. The number of phenolic OH excluding ortho intramolecular Hbond substituents is 2. The maximum absolute atomic E-state index is 11.1. The Balaban J connectivity index is 3.06. The number of benzene rings is 1. The zero-order valence-electron chi connectivity index (χ0n) is 6.35. The third-order valence-electron chi connectivity index (χ3n) is 1.68. The fraction of sp³-hybridized carbons (Fsp3) is 0. The molecule has 0 spiro atoms.